The van der Waals surface area contributed by atoms with Gasteiger partial charge in [0.05, 0.1) is 11.7 Å². The van der Waals surface area contributed by atoms with E-state index in [1.807, 2.05) is 0 Å². The molecule has 2 aliphatic rings. The largest absolute Gasteiger partial charge is 0.405 e. The lowest BCUT2D eigenvalue weighted by Crippen LogP contribution is -2.17. The minimum Gasteiger partial charge on any atom is -0.405 e. The molecule has 2 N–H and O–H groups in total. The molecule has 0 spiro atoms. The summed E-state index contributed by atoms with van der Waals surface area (Å²) in [4.78, 5) is 20.5. The summed E-state index contributed by atoms with van der Waals surface area (Å²) in [5.41, 5.74) is 5.83. The van der Waals surface area contributed by atoms with Crippen molar-refractivity contribution in [3.63, 3.8) is 0 Å². The number of pyridine rings is 1. The van der Waals surface area contributed by atoms with Gasteiger partial charge in [-0.1, -0.05) is 11.6 Å². The van der Waals surface area contributed by atoms with E-state index < -0.39 is 17.2 Å². The quantitative estimate of drug-likeness (QED) is 0.481. The van der Waals surface area contributed by atoms with Crippen LogP contribution in [0.15, 0.2) is 58.6 Å². The maximum Gasteiger partial charge on any atom is 0.276 e. The molecule has 2 aromatic heterocycles. The Labute approximate surface area is 208 Å². The predicted octanol–water partition coefficient (Wildman–Crippen LogP) is 5.48. The highest BCUT2D eigenvalue weighted by Gasteiger charge is 2.18. The minimum atomic E-state index is -0.718. The fraction of sp³-hybridized carbons (Fsp3) is 0.346. The van der Waals surface area contributed by atoms with E-state index in [4.69, 9.17) is 22.1 Å². The number of halogens is 3. The number of hydrogen-bond acceptors (Lipinski definition) is 5. The van der Waals surface area contributed by atoms with Gasteiger partial charge in [-0.3, -0.25) is 14.2 Å². The molecule has 0 amide bonds. The first kappa shape index (κ1) is 26.5. The average Bonchev–Trinajstić information content (AvgIpc) is 3.69. The molecule has 5 rings (SSSR count). The van der Waals surface area contributed by atoms with E-state index in [1.165, 1.54) is 55.0 Å². The first-order chi connectivity index (χ1) is 16.9. The Morgan fingerprint density at radius 3 is 2.49 bits per heavy atom. The van der Waals surface area contributed by atoms with E-state index in [9.17, 15) is 13.6 Å². The van der Waals surface area contributed by atoms with E-state index >= 15 is 0 Å². The first-order valence-electron chi connectivity index (χ1n) is 11.5. The van der Waals surface area contributed by atoms with Crippen molar-refractivity contribution in [2.75, 3.05) is 13.2 Å². The van der Waals surface area contributed by atoms with Crippen molar-refractivity contribution in [2.24, 2.45) is 10.7 Å². The van der Waals surface area contributed by atoms with Crippen LogP contribution in [0.25, 0.3) is 16.8 Å². The predicted molar refractivity (Wildman–Crippen MR) is 136 cm³/mol. The second-order valence-corrected chi connectivity index (χ2v) is 8.52. The maximum atomic E-state index is 14.0. The molecule has 186 valence electrons. The van der Waals surface area contributed by atoms with Crippen LogP contribution < -0.4 is 11.3 Å². The molecular weight excluding hydrogens is 474 g/mol. The summed E-state index contributed by atoms with van der Waals surface area (Å²) in [6.45, 7) is 3.60. The fourth-order valence-electron chi connectivity index (χ4n) is 3.30. The number of ether oxygens (including phenoxy) is 1. The number of nitrogens with zero attached hydrogens (tertiary/aromatic N) is 3. The van der Waals surface area contributed by atoms with E-state index in [-0.39, 0.29) is 16.2 Å². The van der Waals surface area contributed by atoms with Gasteiger partial charge in [0.2, 0.25) is 0 Å². The highest BCUT2D eigenvalue weighted by molar-refractivity contribution is 6.31. The molecule has 6 nitrogen and oxygen atoms in total. The Morgan fingerprint density at radius 1 is 1.17 bits per heavy atom. The fourth-order valence-corrected chi connectivity index (χ4v) is 3.43. The summed E-state index contributed by atoms with van der Waals surface area (Å²) in [5.74, 6) is -1.38. The number of aromatic nitrogens is 2. The van der Waals surface area contributed by atoms with Gasteiger partial charge >= 0.3 is 0 Å². The highest BCUT2D eigenvalue weighted by atomic mass is 35.5. The number of allylic oxidation sites excluding steroid dienone is 1. The van der Waals surface area contributed by atoms with Crippen molar-refractivity contribution in [3.05, 3.63) is 81.5 Å². The lowest BCUT2D eigenvalue weighted by atomic mass is 10.1. The van der Waals surface area contributed by atoms with Crippen LogP contribution in [0.4, 0.5) is 8.78 Å². The summed E-state index contributed by atoms with van der Waals surface area (Å²) < 4.78 is 33.3. The van der Waals surface area contributed by atoms with Gasteiger partial charge in [-0.2, -0.15) is 0 Å². The summed E-state index contributed by atoms with van der Waals surface area (Å²) in [5, 5.41) is 0.0178. The zero-order valence-corrected chi connectivity index (χ0v) is 20.3. The van der Waals surface area contributed by atoms with E-state index in [2.05, 4.69) is 9.98 Å². The Balaban J connectivity index is 0.000000199. The number of nitrogens with two attached hydrogens (primary N) is 1. The monoisotopic (exact) mass is 502 g/mol. The topological polar surface area (TPSA) is 82.0 Å². The molecule has 3 aromatic rings. The van der Waals surface area contributed by atoms with Crippen molar-refractivity contribution >= 4 is 23.5 Å². The zero-order valence-electron chi connectivity index (χ0n) is 19.6. The van der Waals surface area contributed by atoms with Crippen LogP contribution in [0, 0.1) is 18.6 Å². The summed E-state index contributed by atoms with van der Waals surface area (Å²) in [6.07, 6.45) is 13.0. The number of rotatable bonds is 3. The van der Waals surface area contributed by atoms with E-state index in [0.29, 0.717) is 17.3 Å². The number of aryl methyl sites for hydroxylation is 1. The van der Waals surface area contributed by atoms with Crippen molar-refractivity contribution in [3.8, 4) is 11.1 Å². The molecule has 1 aliphatic carbocycles. The Morgan fingerprint density at radius 2 is 1.91 bits per heavy atom. The Hall–Kier alpha value is -3.10. The molecule has 2 fully saturated rings. The molecule has 0 unspecified atom stereocenters. The van der Waals surface area contributed by atoms with Gasteiger partial charge in [0.15, 0.2) is 0 Å². The van der Waals surface area contributed by atoms with Gasteiger partial charge in [-0.05, 0) is 75.6 Å². The summed E-state index contributed by atoms with van der Waals surface area (Å²) >= 11 is 5.89. The molecule has 9 heteroatoms. The van der Waals surface area contributed by atoms with Crippen molar-refractivity contribution in [2.45, 2.75) is 45.1 Å². The van der Waals surface area contributed by atoms with Crippen LogP contribution in [-0.4, -0.2) is 34.9 Å². The molecule has 0 atom stereocenters. The van der Waals surface area contributed by atoms with Crippen LogP contribution in [0.3, 0.4) is 0 Å². The van der Waals surface area contributed by atoms with Crippen molar-refractivity contribution in [1.82, 2.24) is 9.38 Å². The lowest BCUT2D eigenvalue weighted by molar-refractivity contribution is 0.0968. The summed E-state index contributed by atoms with van der Waals surface area (Å²) in [6, 6.07) is 7.08. The molecule has 1 saturated heterocycles. The van der Waals surface area contributed by atoms with Gasteiger partial charge in [-0.15, -0.1) is 0 Å². The summed E-state index contributed by atoms with van der Waals surface area (Å²) in [7, 11) is 0. The minimum absolute atomic E-state index is 0.0178. The standard InChI is InChI=1S/C15H9ClF2N2O.C6H10N2.C5H10O/c1-8-13(16)15(21)20-6-2-3-11(14(20)19-8)10-5-4-9(17)7-12(10)18;7-4-1-5-8-6-2-3-6;1-2-4-6-5-3-1/h2-7H,1H3;1,4-6H,2-3,7H2;1-5H2/b;4-1-,8-5?;. The number of fused-ring (bicyclic) bond motifs is 1. The SMILES string of the molecule is C1CCOCC1.Cc1nc2c(-c3ccc(F)cc3F)cccn2c(=O)c1Cl.N/C=C\C=NC1CC1. The first-order valence-corrected chi connectivity index (χ1v) is 11.9. The van der Waals surface area contributed by atoms with Gasteiger partial charge in [0.1, 0.15) is 22.3 Å². The third-order valence-corrected chi connectivity index (χ3v) is 5.74. The number of aliphatic imine (C=N–C) groups is 1. The van der Waals surface area contributed by atoms with Gasteiger partial charge < -0.3 is 10.5 Å². The van der Waals surface area contributed by atoms with Gasteiger partial charge in [0.25, 0.3) is 5.56 Å². The molecule has 1 aliphatic heterocycles. The van der Waals surface area contributed by atoms with Crippen LogP contribution in [-0.2, 0) is 4.74 Å². The van der Waals surface area contributed by atoms with Gasteiger partial charge in [-0.25, -0.2) is 13.8 Å². The van der Waals surface area contributed by atoms with Crippen molar-refractivity contribution in [1.29, 1.82) is 0 Å². The van der Waals surface area contributed by atoms with E-state index in [1.54, 1.807) is 31.3 Å². The smallest absolute Gasteiger partial charge is 0.276 e. The molecule has 1 aromatic carbocycles. The van der Waals surface area contributed by atoms with Gasteiger partial charge in [0, 0.05) is 42.8 Å². The second-order valence-electron chi connectivity index (χ2n) is 8.14. The molecule has 35 heavy (non-hydrogen) atoms. The lowest BCUT2D eigenvalue weighted by Gasteiger charge is -2.09. The average molecular weight is 503 g/mol. The third-order valence-electron chi connectivity index (χ3n) is 5.30. The molecule has 0 radical (unpaired) electrons. The number of hydrogen-bond donors (Lipinski definition) is 1. The Kier molecular flexibility index (Phi) is 9.93. The van der Waals surface area contributed by atoms with Crippen LogP contribution >= 0.6 is 11.6 Å². The zero-order chi connectivity index (χ0) is 25.2. The molecule has 0 bridgehead atoms. The van der Waals surface area contributed by atoms with E-state index in [0.717, 1.165) is 25.3 Å². The van der Waals surface area contributed by atoms with Crippen molar-refractivity contribution < 1.29 is 13.5 Å². The second kappa shape index (κ2) is 13.1. The molecule has 1 saturated carbocycles. The van der Waals surface area contributed by atoms with Crippen LogP contribution in [0.5, 0.6) is 0 Å². The highest BCUT2D eigenvalue weighted by Crippen LogP contribution is 2.27. The maximum absolute atomic E-state index is 14.0. The Bertz CT molecular complexity index is 1240. The van der Waals surface area contributed by atoms with Crippen LogP contribution in [0.2, 0.25) is 5.02 Å². The number of benzene rings is 1. The molecule has 3 heterocycles. The normalized spacial score (nSPS) is 15.5. The van der Waals surface area contributed by atoms with Crippen LogP contribution in [0.1, 0.15) is 37.8 Å². The third kappa shape index (κ3) is 7.70. The molecular formula is C26H29ClF2N4O2.